The van der Waals surface area contributed by atoms with Crippen LogP contribution in [0.5, 0.6) is 0 Å². The van der Waals surface area contributed by atoms with Gasteiger partial charge in [-0.3, -0.25) is 19.2 Å². The first-order chi connectivity index (χ1) is 10.7. The number of halogens is 1. The molecule has 1 aliphatic rings. The molecule has 1 aromatic carbocycles. The Hall–Kier alpha value is -2.41. The van der Waals surface area contributed by atoms with Crippen LogP contribution in [0.25, 0.3) is 0 Å². The third kappa shape index (κ3) is 3.34. The summed E-state index contributed by atoms with van der Waals surface area (Å²) >= 11 is 6.16. The monoisotopic (exact) mass is 337 g/mol. The minimum atomic E-state index is -0.894. The Morgan fingerprint density at radius 2 is 1.83 bits per heavy atom. The van der Waals surface area contributed by atoms with Crippen LogP contribution in [-0.4, -0.2) is 36.1 Å². The number of hydrogen-bond acceptors (Lipinski definition) is 4. The largest absolute Gasteiger partial charge is 0.344 e. The Kier molecular flexibility index (Phi) is 4.70. The van der Waals surface area contributed by atoms with Crippen LogP contribution in [0.1, 0.15) is 31.1 Å². The van der Waals surface area contributed by atoms with E-state index >= 15 is 0 Å². The van der Waals surface area contributed by atoms with E-state index in [9.17, 15) is 19.2 Å². The molecular weight excluding hydrogens is 322 g/mol. The van der Waals surface area contributed by atoms with Crippen LogP contribution in [0.4, 0.5) is 11.4 Å². The van der Waals surface area contributed by atoms with Crippen LogP contribution < -0.4 is 15.5 Å². The molecule has 0 aliphatic carbocycles. The Bertz CT molecular complexity index is 717. The highest BCUT2D eigenvalue weighted by Crippen LogP contribution is 2.39. The van der Waals surface area contributed by atoms with Crippen molar-refractivity contribution in [3.63, 3.8) is 0 Å². The number of carbonyl (C=O) groups excluding carboxylic acids is 4. The molecule has 1 heterocycles. The fourth-order valence-electron chi connectivity index (χ4n) is 2.55. The molecule has 0 radical (unpaired) electrons. The summed E-state index contributed by atoms with van der Waals surface area (Å²) in [4.78, 5) is 48.7. The summed E-state index contributed by atoms with van der Waals surface area (Å²) in [5, 5.41) is 5.30. The van der Waals surface area contributed by atoms with Crippen molar-refractivity contribution in [1.82, 2.24) is 5.32 Å². The third-order valence-electron chi connectivity index (χ3n) is 3.39. The van der Waals surface area contributed by atoms with Crippen LogP contribution >= 0.6 is 11.6 Å². The van der Waals surface area contributed by atoms with Gasteiger partial charge in [0.05, 0.1) is 28.5 Å². The summed E-state index contributed by atoms with van der Waals surface area (Å²) in [5.74, 6) is -1.48. The Morgan fingerprint density at radius 1 is 1.17 bits per heavy atom. The van der Waals surface area contributed by atoms with Crippen LogP contribution in [0.15, 0.2) is 12.1 Å². The van der Waals surface area contributed by atoms with Gasteiger partial charge < -0.3 is 15.5 Å². The summed E-state index contributed by atoms with van der Waals surface area (Å²) in [6.45, 7) is 3.92. The summed E-state index contributed by atoms with van der Waals surface area (Å²) in [5.41, 5.74) is 0.619. The van der Waals surface area contributed by atoms with Crippen molar-refractivity contribution in [3.8, 4) is 0 Å². The van der Waals surface area contributed by atoms with Gasteiger partial charge in [-0.05, 0) is 12.1 Å². The van der Waals surface area contributed by atoms with Crippen molar-refractivity contribution < 1.29 is 19.2 Å². The lowest BCUT2D eigenvalue weighted by Gasteiger charge is -2.34. The highest BCUT2D eigenvalue weighted by Gasteiger charge is 2.37. The number of benzene rings is 1. The number of anilines is 2. The molecule has 0 saturated heterocycles. The minimum Gasteiger partial charge on any atom is -0.344 e. The van der Waals surface area contributed by atoms with Crippen molar-refractivity contribution in [2.45, 2.75) is 26.8 Å². The highest BCUT2D eigenvalue weighted by atomic mass is 35.5. The molecule has 8 heteroatoms. The molecule has 1 aromatic rings. The maximum Gasteiger partial charge on any atom is 0.224 e. The van der Waals surface area contributed by atoms with E-state index in [-0.39, 0.29) is 40.3 Å². The van der Waals surface area contributed by atoms with Gasteiger partial charge in [-0.25, -0.2) is 0 Å². The van der Waals surface area contributed by atoms with Crippen LogP contribution in [-0.2, 0) is 14.4 Å². The van der Waals surface area contributed by atoms with E-state index in [1.807, 2.05) is 0 Å². The second kappa shape index (κ2) is 6.37. The molecule has 0 aromatic heterocycles. The van der Waals surface area contributed by atoms with E-state index in [4.69, 9.17) is 11.6 Å². The summed E-state index contributed by atoms with van der Waals surface area (Å²) in [6.07, 6.45) is 0. The fraction of sp³-hybridized carbons (Fsp3) is 0.333. The lowest BCUT2D eigenvalue weighted by atomic mass is 9.94. The predicted molar refractivity (Wildman–Crippen MR) is 85.7 cm³/mol. The van der Waals surface area contributed by atoms with E-state index < -0.39 is 17.7 Å². The van der Waals surface area contributed by atoms with Gasteiger partial charge in [0.1, 0.15) is 6.04 Å². The van der Waals surface area contributed by atoms with Crippen molar-refractivity contribution >= 4 is 46.5 Å². The number of rotatable bonds is 2. The highest BCUT2D eigenvalue weighted by molar-refractivity contribution is 6.36. The molecule has 3 amide bonds. The maximum atomic E-state index is 12.7. The lowest BCUT2D eigenvalue weighted by molar-refractivity contribution is -0.120. The van der Waals surface area contributed by atoms with Crippen molar-refractivity contribution in [2.75, 3.05) is 16.8 Å². The SMILES string of the molecule is CC(=O)Nc1ccc(Cl)c2c1C(=O)C(NC(C)=O)CN2C(C)=O. The zero-order chi connectivity index (χ0) is 17.3. The Labute approximate surface area is 138 Å². The molecule has 0 spiro atoms. The topological polar surface area (TPSA) is 95.6 Å². The van der Waals surface area contributed by atoms with E-state index in [2.05, 4.69) is 10.6 Å². The fourth-order valence-corrected chi connectivity index (χ4v) is 2.81. The average molecular weight is 338 g/mol. The van der Waals surface area contributed by atoms with Crippen molar-refractivity contribution in [1.29, 1.82) is 0 Å². The zero-order valence-corrected chi connectivity index (χ0v) is 13.7. The quantitative estimate of drug-likeness (QED) is 0.851. The van der Waals surface area contributed by atoms with Crippen LogP contribution in [0, 0.1) is 0 Å². The molecule has 23 heavy (non-hydrogen) atoms. The van der Waals surface area contributed by atoms with Gasteiger partial charge in [0, 0.05) is 20.8 Å². The van der Waals surface area contributed by atoms with E-state index in [1.54, 1.807) is 0 Å². The molecule has 0 fully saturated rings. The first kappa shape index (κ1) is 17.0. The second-order valence-electron chi connectivity index (χ2n) is 5.25. The van der Waals surface area contributed by atoms with Gasteiger partial charge >= 0.3 is 0 Å². The van der Waals surface area contributed by atoms with E-state index in [0.29, 0.717) is 0 Å². The summed E-state index contributed by atoms with van der Waals surface area (Å²) in [6, 6.07) is 2.11. The average Bonchev–Trinajstić information content (AvgIpc) is 2.43. The molecular formula is C15H16ClN3O4. The number of fused-ring (bicyclic) bond motifs is 1. The molecule has 1 aliphatic heterocycles. The smallest absolute Gasteiger partial charge is 0.224 e. The summed E-state index contributed by atoms with van der Waals surface area (Å²) in [7, 11) is 0. The normalized spacial score (nSPS) is 16.6. The predicted octanol–water partition coefficient (Wildman–Crippen LogP) is 1.35. The molecule has 2 N–H and O–H groups in total. The molecule has 1 atom stereocenters. The number of hydrogen-bond donors (Lipinski definition) is 2. The standard InChI is InChI=1S/C15H16ClN3O4/c1-7(20)17-11-5-4-10(16)14-13(11)15(23)12(18-8(2)21)6-19(14)9(3)22/h4-5,12H,6H2,1-3H3,(H,17,20)(H,18,21). The minimum absolute atomic E-state index is 0.00993. The van der Waals surface area contributed by atoms with E-state index in [0.717, 1.165) is 0 Å². The van der Waals surface area contributed by atoms with Crippen molar-refractivity contribution in [3.05, 3.63) is 22.7 Å². The summed E-state index contributed by atoms with van der Waals surface area (Å²) < 4.78 is 0. The second-order valence-corrected chi connectivity index (χ2v) is 5.65. The maximum absolute atomic E-state index is 12.7. The zero-order valence-electron chi connectivity index (χ0n) is 12.9. The first-order valence-corrected chi connectivity index (χ1v) is 7.29. The number of nitrogens with one attached hydrogen (secondary N) is 2. The van der Waals surface area contributed by atoms with Gasteiger partial charge in [0.2, 0.25) is 17.7 Å². The number of carbonyl (C=O) groups is 4. The molecule has 2 rings (SSSR count). The van der Waals surface area contributed by atoms with E-state index in [1.165, 1.54) is 37.8 Å². The number of Topliss-reactive ketones (excluding diaryl/α,β-unsaturated/α-hetero) is 1. The molecule has 1 unspecified atom stereocenters. The molecule has 122 valence electrons. The van der Waals surface area contributed by atoms with Gasteiger partial charge in [-0.1, -0.05) is 11.6 Å². The molecule has 0 saturated carbocycles. The lowest BCUT2D eigenvalue weighted by Crippen LogP contribution is -2.53. The van der Waals surface area contributed by atoms with Gasteiger partial charge in [0.25, 0.3) is 0 Å². The molecule has 0 bridgehead atoms. The number of amides is 3. The van der Waals surface area contributed by atoms with Crippen molar-refractivity contribution in [2.24, 2.45) is 0 Å². The van der Waals surface area contributed by atoms with Gasteiger partial charge in [0.15, 0.2) is 5.78 Å². The Balaban J connectivity index is 2.64. The molecule has 7 nitrogen and oxygen atoms in total. The third-order valence-corrected chi connectivity index (χ3v) is 3.70. The first-order valence-electron chi connectivity index (χ1n) is 6.92. The van der Waals surface area contributed by atoms with Gasteiger partial charge in [-0.15, -0.1) is 0 Å². The van der Waals surface area contributed by atoms with Crippen LogP contribution in [0.3, 0.4) is 0 Å². The number of ketones is 1. The Morgan fingerprint density at radius 3 is 2.35 bits per heavy atom. The van der Waals surface area contributed by atoms with Crippen LogP contribution in [0.2, 0.25) is 5.02 Å². The van der Waals surface area contributed by atoms with Gasteiger partial charge in [-0.2, -0.15) is 0 Å². The number of nitrogens with zero attached hydrogens (tertiary/aromatic N) is 1.